The van der Waals surface area contributed by atoms with Gasteiger partial charge in [0.25, 0.3) is 4.84 Å². The van der Waals surface area contributed by atoms with Crippen LogP contribution < -0.4 is 0 Å². The van der Waals surface area contributed by atoms with Gasteiger partial charge in [-0.15, -0.1) is 0 Å². The smallest absolute Gasteiger partial charge is 0.270 e. The summed E-state index contributed by atoms with van der Waals surface area (Å²) >= 11 is 5.33. The molecule has 1 aliphatic rings. The predicted octanol–water partition coefficient (Wildman–Crippen LogP) is 3.80. The van der Waals surface area contributed by atoms with Gasteiger partial charge in [0.2, 0.25) is 0 Å². The molecule has 96 valence electrons. The topological polar surface area (TPSA) is 21.3 Å². The highest BCUT2D eigenvalue weighted by Gasteiger charge is 2.19. The number of likely N-dealkylation sites (tertiary alicyclic amines) is 1. The van der Waals surface area contributed by atoms with Crippen molar-refractivity contribution in [1.82, 2.24) is 9.47 Å². The van der Waals surface area contributed by atoms with Crippen LogP contribution >= 0.6 is 12.2 Å². The molecule has 1 aromatic carbocycles. The van der Waals surface area contributed by atoms with E-state index in [0.717, 1.165) is 24.3 Å². The average Bonchev–Trinajstić information content (AvgIpc) is 2.69. The van der Waals surface area contributed by atoms with Gasteiger partial charge in [0.1, 0.15) is 0 Å². The largest absolute Gasteiger partial charge is 0.429 e. The van der Waals surface area contributed by atoms with Gasteiger partial charge in [-0.25, -0.2) is 0 Å². The van der Waals surface area contributed by atoms with Crippen LogP contribution in [-0.2, 0) is 6.67 Å². The lowest BCUT2D eigenvalue weighted by molar-refractivity contribution is 0.121. The number of fused-ring (bicyclic) bond motifs is 1. The van der Waals surface area contributed by atoms with Crippen LogP contribution in [0, 0.1) is 4.84 Å². The second kappa shape index (κ2) is 4.86. The molecule has 0 saturated carbocycles. The van der Waals surface area contributed by atoms with E-state index in [4.69, 9.17) is 16.6 Å². The maximum Gasteiger partial charge on any atom is 0.270 e. The van der Waals surface area contributed by atoms with Gasteiger partial charge in [0.15, 0.2) is 5.58 Å². The Hall–Kier alpha value is -1.13. The summed E-state index contributed by atoms with van der Waals surface area (Å²) in [7, 11) is 0. The zero-order valence-corrected chi connectivity index (χ0v) is 11.4. The summed E-state index contributed by atoms with van der Waals surface area (Å²) in [5.74, 6) is 0. The molecule has 1 unspecified atom stereocenters. The molecule has 2 aromatic rings. The first kappa shape index (κ1) is 11.9. The fourth-order valence-electron chi connectivity index (χ4n) is 2.70. The van der Waals surface area contributed by atoms with Crippen LogP contribution in [0.2, 0.25) is 0 Å². The molecule has 0 N–H and O–H groups in total. The number of nitrogens with zero attached hydrogens (tertiary/aromatic N) is 2. The summed E-state index contributed by atoms with van der Waals surface area (Å²) in [5.41, 5.74) is 1.98. The van der Waals surface area contributed by atoms with Gasteiger partial charge < -0.3 is 4.42 Å². The van der Waals surface area contributed by atoms with Crippen LogP contribution in [0.3, 0.4) is 0 Å². The van der Waals surface area contributed by atoms with E-state index in [9.17, 15) is 0 Å². The fraction of sp³-hybridized carbons (Fsp3) is 0.500. The third-order valence-corrected chi connectivity index (χ3v) is 4.14. The van der Waals surface area contributed by atoms with Crippen molar-refractivity contribution in [3.05, 3.63) is 29.1 Å². The average molecular weight is 262 g/mol. The summed E-state index contributed by atoms with van der Waals surface area (Å²) in [6, 6.07) is 8.69. The van der Waals surface area contributed by atoms with E-state index in [-0.39, 0.29) is 0 Å². The molecular weight excluding hydrogens is 244 g/mol. The van der Waals surface area contributed by atoms with Crippen molar-refractivity contribution in [2.24, 2.45) is 0 Å². The van der Waals surface area contributed by atoms with Crippen LogP contribution in [0.5, 0.6) is 0 Å². The van der Waals surface area contributed by atoms with E-state index >= 15 is 0 Å². The number of piperidine rings is 1. The maximum absolute atomic E-state index is 5.63. The Morgan fingerprint density at radius 3 is 3.00 bits per heavy atom. The van der Waals surface area contributed by atoms with E-state index in [0.29, 0.717) is 10.9 Å². The number of rotatable bonds is 2. The van der Waals surface area contributed by atoms with Crippen LogP contribution in [-0.4, -0.2) is 22.1 Å². The van der Waals surface area contributed by atoms with E-state index in [1.54, 1.807) is 0 Å². The Bertz CT molecular complexity index is 601. The lowest BCUT2D eigenvalue weighted by atomic mass is 10.0. The van der Waals surface area contributed by atoms with Crippen LogP contribution in [0.15, 0.2) is 28.7 Å². The Morgan fingerprint density at radius 1 is 1.33 bits per heavy atom. The summed E-state index contributed by atoms with van der Waals surface area (Å²) in [6.07, 6.45) is 3.91. The first-order valence-electron chi connectivity index (χ1n) is 6.58. The highest BCUT2D eigenvalue weighted by atomic mass is 32.1. The fourth-order valence-corrected chi connectivity index (χ4v) is 2.94. The second-order valence-electron chi connectivity index (χ2n) is 5.06. The number of hydrogen-bond donors (Lipinski definition) is 0. The standard InChI is InChI=1S/C14H18N2OS/c1-11-6-4-5-9-15(11)10-16-12-7-2-3-8-13(12)17-14(16)18/h2-3,7-8,11H,4-6,9-10H2,1H3. The summed E-state index contributed by atoms with van der Waals surface area (Å²) in [5, 5.41) is 0. The Labute approximate surface area is 112 Å². The molecule has 0 bridgehead atoms. The summed E-state index contributed by atoms with van der Waals surface area (Å²) in [4.78, 5) is 3.07. The molecule has 1 atom stereocenters. The maximum atomic E-state index is 5.63. The molecule has 1 saturated heterocycles. The first-order chi connectivity index (χ1) is 8.75. The molecule has 18 heavy (non-hydrogen) atoms. The van der Waals surface area contributed by atoms with E-state index in [2.05, 4.69) is 22.5 Å². The Balaban J connectivity index is 1.94. The molecule has 2 heterocycles. The third-order valence-electron chi connectivity index (χ3n) is 3.84. The van der Waals surface area contributed by atoms with Gasteiger partial charge in [-0.05, 0) is 44.1 Å². The third kappa shape index (κ3) is 2.10. The molecule has 1 aliphatic heterocycles. The van der Waals surface area contributed by atoms with Gasteiger partial charge >= 0.3 is 0 Å². The SMILES string of the molecule is CC1CCCCN1Cn1c(=S)oc2ccccc21. The number of benzene rings is 1. The summed E-state index contributed by atoms with van der Waals surface area (Å²) in [6.45, 7) is 4.30. The molecule has 0 aliphatic carbocycles. The van der Waals surface area contributed by atoms with Gasteiger partial charge in [-0.3, -0.25) is 9.47 Å². The molecule has 3 rings (SSSR count). The monoisotopic (exact) mass is 262 g/mol. The van der Waals surface area contributed by atoms with Gasteiger partial charge in [0, 0.05) is 12.6 Å². The first-order valence-corrected chi connectivity index (χ1v) is 6.99. The minimum atomic E-state index is 0.578. The molecule has 0 radical (unpaired) electrons. The molecule has 3 nitrogen and oxygen atoms in total. The zero-order valence-electron chi connectivity index (χ0n) is 10.6. The lowest BCUT2D eigenvalue weighted by Crippen LogP contribution is -2.38. The van der Waals surface area contributed by atoms with Crippen molar-refractivity contribution in [2.45, 2.75) is 38.9 Å². The number of aromatic nitrogens is 1. The number of oxazole rings is 1. The van der Waals surface area contributed by atoms with Crippen LogP contribution in [0.25, 0.3) is 11.1 Å². The van der Waals surface area contributed by atoms with E-state index < -0.39 is 0 Å². The number of para-hydroxylation sites is 2. The minimum absolute atomic E-state index is 0.578. The van der Waals surface area contributed by atoms with Crippen molar-refractivity contribution in [2.75, 3.05) is 6.54 Å². The molecule has 0 amide bonds. The molecule has 1 fully saturated rings. The van der Waals surface area contributed by atoms with Crippen molar-refractivity contribution in [3.8, 4) is 0 Å². The van der Waals surface area contributed by atoms with Gasteiger partial charge in [-0.2, -0.15) is 0 Å². The Morgan fingerprint density at radius 2 is 2.17 bits per heavy atom. The molecular formula is C14H18N2OS. The van der Waals surface area contributed by atoms with E-state index in [1.807, 2.05) is 18.2 Å². The van der Waals surface area contributed by atoms with Crippen molar-refractivity contribution in [3.63, 3.8) is 0 Å². The van der Waals surface area contributed by atoms with Gasteiger partial charge in [0.05, 0.1) is 12.2 Å². The van der Waals surface area contributed by atoms with Gasteiger partial charge in [-0.1, -0.05) is 18.6 Å². The minimum Gasteiger partial charge on any atom is -0.429 e. The van der Waals surface area contributed by atoms with E-state index in [1.165, 1.54) is 19.3 Å². The van der Waals surface area contributed by atoms with Crippen LogP contribution in [0.1, 0.15) is 26.2 Å². The van der Waals surface area contributed by atoms with Crippen LogP contribution in [0.4, 0.5) is 0 Å². The second-order valence-corrected chi connectivity index (χ2v) is 5.41. The van der Waals surface area contributed by atoms with Crippen molar-refractivity contribution < 1.29 is 4.42 Å². The predicted molar refractivity (Wildman–Crippen MR) is 75.1 cm³/mol. The quantitative estimate of drug-likeness (QED) is 0.768. The van der Waals surface area contributed by atoms with Crippen molar-refractivity contribution in [1.29, 1.82) is 0 Å². The number of hydrogen-bond acceptors (Lipinski definition) is 3. The highest BCUT2D eigenvalue weighted by Crippen LogP contribution is 2.21. The zero-order chi connectivity index (χ0) is 12.5. The normalized spacial score (nSPS) is 21.5. The van der Waals surface area contributed by atoms with Crippen molar-refractivity contribution >= 4 is 23.3 Å². The molecule has 0 spiro atoms. The lowest BCUT2D eigenvalue weighted by Gasteiger charge is -2.33. The highest BCUT2D eigenvalue weighted by molar-refractivity contribution is 7.71. The Kier molecular flexibility index (Phi) is 3.22. The molecule has 1 aromatic heterocycles. The summed E-state index contributed by atoms with van der Waals surface area (Å²) < 4.78 is 7.73. The molecule has 4 heteroatoms.